The maximum Gasteiger partial charge on any atom is 0.0331 e. The summed E-state index contributed by atoms with van der Waals surface area (Å²) in [5.41, 5.74) is 6.20. The Labute approximate surface area is 99.0 Å². The second kappa shape index (κ2) is 5.55. The van der Waals surface area contributed by atoms with Gasteiger partial charge in [0.1, 0.15) is 0 Å². The van der Waals surface area contributed by atoms with E-state index in [1.165, 1.54) is 25.0 Å². The summed E-state index contributed by atoms with van der Waals surface area (Å²) >= 11 is 1.93. The van der Waals surface area contributed by atoms with Gasteiger partial charge in [-0.05, 0) is 58.1 Å². The molecule has 90 valence electrons. The highest BCUT2D eigenvalue weighted by molar-refractivity contribution is 7.98. The van der Waals surface area contributed by atoms with Gasteiger partial charge in [0, 0.05) is 18.1 Å². The van der Waals surface area contributed by atoms with Crippen LogP contribution in [0, 0.1) is 5.92 Å². The molecule has 2 nitrogen and oxygen atoms in total. The van der Waals surface area contributed by atoms with Gasteiger partial charge in [-0.2, -0.15) is 11.8 Å². The molecule has 1 rings (SSSR count). The van der Waals surface area contributed by atoms with Gasteiger partial charge in [0.05, 0.1) is 0 Å². The molecule has 1 aliphatic rings. The van der Waals surface area contributed by atoms with Crippen LogP contribution in [0.4, 0.5) is 0 Å². The van der Waals surface area contributed by atoms with E-state index in [4.69, 9.17) is 5.73 Å². The summed E-state index contributed by atoms with van der Waals surface area (Å²) in [4.78, 5) is 2.51. The van der Waals surface area contributed by atoms with Crippen LogP contribution in [-0.4, -0.2) is 42.1 Å². The minimum Gasteiger partial charge on any atom is -0.329 e. The summed E-state index contributed by atoms with van der Waals surface area (Å²) in [5, 5.41) is 0. The minimum absolute atomic E-state index is 0.234. The largest absolute Gasteiger partial charge is 0.329 e. The lowest BCUT2D eigenvalue weighted by Crippen LogP contribution is -2.54. The molecule has 0 aliphatic heterocycles. The molecule has 0 heterocycles. The monoisotopic (exact) mass is 230 g/mol. The van der Waals surface area contributed by atoms with Crippen molar-refractivity contribution in [1.82, 2.24) is 4.90 Å². The van der Waals surface area contributed by atoms with Gasteiger partial charge in [0.2, 0.25) is 0 Å². The van der Waals surface area contributed by atoms with Crippen LogP contribution < -0.4 is 5.73 Å². The van der Waals surface area contributed by atoms with Crippen LogP contribution in [0.2, 0.25) is 0 Å². The van der Waals surface area contributed by atoms with E-state index in [2.05, 4.69) is 32.1 Å². The minimum atomic E-state index is 0.234. The smallest absolute Gasteiger partial charge is 0.0331 e. The molecule has 1 aliphatic carbocycles. The van der Waals surface area contributed by atoms with Crippen molar-refractivity contribution in [2.75, 3.05) is 25.6 Å². The van der Waals surface area contributed by atoms with Crippen molar-refractivity contribution in [3.05, 3.63) is 0 Å². The summed E-state index contributed by atoms with van der Waals surface area (Å²) in [6.07, 6.45) is 6.18. The van der Waals surface area contributed by atoms with Gasteiger partial charge in [-0.25, -0.2) is 0 Å². The summed E-state index contributed by atoms with van der Waals surface area (Å²) in [5.74, 6) is 2.08. The fraction of sp³-hybridized carbons (Fsp3) is 1.00. The van der Waals surface area contributed by atoms with Gasteiger partial charge in [0.25, 0.3) is 0 Å². The van der Waals surface area contributed by atoms with Crippen LogP contribution >= 0.6 is 11.8 Å². The Hall–Kier alpha value is 0.270. The Balaban J connectivity index is 2.51. The van der Waals surface area contributed by atoms with Crippen LogP contribution in [0.3, 0.4) is 0 Å². The van der Waals surface area contributed by atoms with E-state index < -0.39 is 0 Å². The molecule has 0 saturated heterocycles. The number of hydrogen-bond donors (Lipinski definition) is 1. The molecule has 0 amide bonds. The molecule has 0 bridgehead atoms. The Morgan fingerprint density at radius 3 is 2.53 bits per heavy atom. The van der Waals surface area contributed by atoms with Gasteiger partial charge >= 0.3 is 0 Å². The highest BCUT2D eigenvalue weighted by atomic mass is 32.2. The second-order valence-electron chi connectivity index (χ2n) is 5.08. The molecular formula is C12H26N2S. The van der Waals surface area contributed by atoms with Crippen molar-refractivity contribution in [1.29, 1.82) is 0 Å². The van der Waals surface area contributed by atoms with E-state index in [0.717, 1.165) is 12.5 Å². The van der Waals surface area contributed by atoms with Crippen molar-refractivity contribution >= 4 is 11.8 Å². The quantitative estimate of drug-likeness (QED) is 0.727. The van der Waals surface area contributed by atoms with Crippen molar-refractivity contribution < 1.29 is 0 Å². The number of likely N-dealkylation sites (N-methyl/N-ethyl adjacent to an activating group) is 1. The van der Waals surface area contributed by atoms with E-state index in [1.807, 2.05) is 11.8 Å². The third-order valence-electron chi connectivity index (χ3n) is 4.08. The van der Waals surface area contributed by atoms with Crippen LogP contribution in [0.5, 0.6) is 0 Å². The zero-order valence-electron chi connectivity index (χ0n) is 10.6. The normalized spacial score (nSPS) is 22.8. The molecule has 15 heavy (non-hydrogen) atoms. The molecule has 0 aromatic rings. The summed E-state index contributed by atoms with van der Waals surface area (Å²) in [7, 11) is 2.25. The van der Waals surface area contributed by atoms with Gasteiger partial charge in [-0.3, -0.25) is 4.90 Å². The zero-order valence-corrected chi connectivity index (χ0v) is 11.4. The predicted octanol–water partition coefficient (Wildman–Crippen LogP) is 2.19. The molecule has 2 unspecified atom stereocenters. The number of nitrogens with two attached hydrogens (primary N) is 1. The van der Waals surface area contributed by atoms with Gasteiger partial charge < -0.3 is 5.73 Å². The van der Waals surface area contributed by atoms with Crippen molar-refractivity contribution in [3.8, 4) is 0 Å². The number of nitrogens with zero attached hydrogens (tertiary/aromatic N) is 1. The Morgan fingerprint density at radius 1 is 1.53 bits per heavy atom. The first-order valence-electron chi connectivity index (χ1n) is 5.98. The van der Waals surface area contributed by atoms with Crippen molar-refractivity contribution in [2.24, 2.45) is 11.7 Å². The van der Waals surface area contributed by atoms with E-state index in [-0.39, 0.29) is 5.54 Å². The summed E-state index contributed by atoms with van der Waals surface area (Å²) < 4.78 is 0. The number of thioether (sulfide) groups is 1. The maximum atomic E-state index is 5.97. The molecular weight excluding hydrogens is 204 g/mol. The molecule has 2 atom stereocenters. The number of hydrogen-bond acceptors (Lipinski definition) is 3. The van der Waals surface area contributed by atoms with Gasteiger partial charge in [0.15, 0.2) is 0 Å². The standard InChI is InChI=1S/C12H26N2S/c1-10(7-8-15-4)14(3)12(2,9-13)11-5-6-11/h10-11H,5-9,13H2,1-4H3. The third kappa shape index (κ3) is 3.11. The molecule has 0 aromatic heterocycles. The average Bonchev–Trinajstić information content (AvgIpc) is 3.07. The van der Waals surface area contributed by atoms with E-state index in [9.17, 15) is 0 Å². The molecule has 1 fully saturated rings. The predicted molar refractivity (Wildman–Crippen MR) is 70.4 cm³/mol. The number of rotatable bonds is 7. The highest BCUT2D eigenvalue weighted by Gasteiger charge is 2.44. The molecule has 0 aromatic carbocycles. The summed E-state index contributed by atoms with van der Waals surface area (Å²) in [6.45, 7) is 5.45. The van der Waals surface area contributed by atoms with Crippen LogP contribution in [0.15, 0.2) is 0 Å². The van der Waals surface area contributed by atoms with Crippen molar-refractivity contribution in [2.45, 2.75) is 44.7 Å². The molecule has 1 saturated carbocycles. The topological polar surface area (TPSA) is 29.3 Å². The van der Waals surface area contributed by atoms with Crippen LogP contribution in [0.1, 0.15) is 33.1 Å². The second-order valence-corrected chi connectivity index (χ2v) is 6.06. The molecule has 2 N–H and O–H groups in total. The first-order chi connectivity index (χ1) is 7.06. The maximum absolute atomic E-state index is 5.97. The lowest BCUT2D eigenvalue weighted by atomic mass is 9.92. The van der Waals surface area contributed by atoms with Crippen LogP contribution in [-0.2, 0) is 0 Å². The van der Waals surface area contributed by atoms with Gasteiger partial charge in [-0.15, -0.1) is 0 Å². The Kier molecular flexibility index (Phi) is 4.94. The highest BCUT2D eigenvalue weighted by Crippen LogP contribution is 2.42. The SMILES string of the molecule is CSCCC(C)N(C)C(C)(CN)C1CC1. The summed E-state index contributed by atoms with van der Waals surface area (Å²) in [6, 6.07) is 0.645. The molecule has 3 heteroatoms. The van der Waals surface area contributed by atoms with E-state index in [0.29, 0.717) is 6.04 Å². The van der Waals surface area contributed by atoms with E-state index in [1.54, 1.807) is 0 Å². The first kappa shape index (κ1) is 13.3. The van der Waals surface area contributed by atoms with Crippen molar-refractivity contribution in [3.63, 3.8) is 0 Å². The van der Waals surface area contributed by atoms with Gasteiger partial charge in [-0.1, -0.05) is 0 Å². The fourth-order valence-electron chi connectivity index (χ4n) is 2.29. The lowest BCUT2D eigenvalue weighted by molar-refractivity contribution is 0.0789. The zero-order chi connectivity index (χ0) is 11.5. The third-order valence-corrected chi connectivity index (χ3v) is 4.72. The first-order valence-corrected chi connectivity index (χ1v) is 7.37. The Morgan fingerprint density at radius 2 is 2.13 bits per heavy atom. The molecule has 0 spiro atoms. The van der Waals surface area contributed by atoms with Crippen LogP contribution in [0.25, 0.3) is 0 Å². The fourth-order valence-corrected chi connectivity index (χ4v) is 2.87. The Bertz CT molecular complexity index is 194. The molecule has 0 radical (unpaired) electrons. The lowest BCUT2D eigenvalue weighted by Gasteiger charge is -2.42. The van der Waals surface area contributed by atoms with E-state index >= 15 is 0 Å². The average molecular weight is 230 g/mol.